The van der Waals surface area contributed by atoms with Crippen LogP contribution in [0.15, 0.2) is 64.1 Å². The molecule has 0 radical (unpaired) electrons. The smallest absolute Gasteiger partial charge is 0.341 e. The van der Waals surface area contributed by atoms with E-state index in [9.17, 15) is 19.5 Å². The molecular weight excluding hydrogens is 544 g/mol. The van der Waals surface area contributed by atoms with Gasteiger partial charge in [0.2, 0.25) is 11.6 Å². The maximum absolute atomic E-state index is 13.0. The van der Waals surface area contributed by atoms with Gasteiger partial charge in [0.05, 0.1) is 35.2 Å². The van der Waals surface area contributed by atoms with Crippen LogP contribution >= 0.6 is 23.1 Å². The highest BCUT2D eigenvalue weighted by Gasteiger charge is 2.28. The van der Waals surface area contributed by atoms with Crippen LogP contribution in [0.25, 0.3) is 5.69 Å². The molecule has 2 aromatic heterocycles. The molecule has 2 aromatic carbocycles. The van der Waals surface area contributed by atoms with Crippen molar-refractivity contribution in [2.24, 2.45) is 0 Å². The van der Waals surface area contributed by atoms with E-state index in [0.29, 0.717) is 22.7 Å². The molecule has 202 valence electrons. The maximum atomic E-state index is 13.0. The number of methoxy groups -OCH3 is 1. The van der Waals surface area contributed by atoms with E-state index in [1.807, 2.05) is 6.07 Å². The van der Waals surface area contributed by atoms with Crippen LogP contribution in [0.2, 0.25) is 0 Å². The second-order valence-electron chi connectivity index (χ2n) is 7.91. The topological polar surface area (TPSA) is 147 Å². The average Bonchev–Trinajstić information content (AvgIpc) is 3.47. The second kappa shape index (κ2) is 12.5. The highest BCUT2D eigenvalue weighted by molar-refractivity contribution is 7.99. The molecule has 0 atom stereocenters. The summed E-state index contributed by atoms with van der Waals surface area (Å²) in [5.41, 5.74) is 1.61. The zero-order valence-corrected chi connectivity index (χ0v) is 22.8. The summed E-state index contributed by atoms with van der Waals surface area (Å²) in [5.74, 6) is -1.88. The van der Waals surface area contributed by atoms with Crippen molar-refractivity contribution in [2.75, 3.05) is 30.1 Å². The molecule has 0 fully saturated rings. The summed E-state index contributed by atoms with van der Waals surface area (Å²) in [6, 6.07) is 15.6. The highest BCUT2D eigenvalue weighted by Crippen LogP contribution is 2.35. The summed E-state index contributed by atoms with van der Waals surface area (Å²) in [5, 5.41) is 21.8. The summed E-state index contributed by atoms with van der Waals surface area (Å²) in [6.45, 7) is 3.40. The average molecular weight is 569 g/mol. The van der Waals surface area contributed by atoms with Gasteiger partial charge in [-0.2, -0.15) is 0 Å². The number of anilines is 2. The van der Waals surface area contributed by atoms with E-state index in [-0.39, 0.29) is 32.8 Å². The molecule has 4 rings (SSSR count). The number of carbonyl (C=O) groups excluding carboxylic acids is 3. The number of amides is 2. The molecule has 2 amide bonds. The van der Waals surface area contributed by atoms with Crippen LogP contribution in [-0.2, 0) is 9.53 Å². The molecule has 4 aromatic rings. The first kappa shape index (κ1) is 27.7. The molecular formula is C26H24N4O7S2. The van der Waals surface area contributed by atoms with Crippen molar-refractivity contribution in [1.82, 2.24) is 5.27 Å². The Hall–Kier alpha value is -4.36. The summed E-state index contributed by atoms with van der Waals surface area (Å²) in [7, 11) is 1.54. The van der Waals surface area contributed by atoms with Crippen LogP contribution in [0.3, 0.4) is 0 Å². The fourth-order valence-corrected chi connectivity index (χ4v) is 5.38. The van der Waals surface area contributed by atoms with Crippen molar-refractivity contribution in [3.8, 4) is 17.4 Å². The second-order valence-corrected chi connectivity index (χ2v) is 9.90. The van der Waals surface area contributed by atoms with Crippen molar-refractivity contribution in [3.63, 3.8) is 0 Å². The van der Waals surface area contributed by atoms with Gasteiger partial charge in [-0.15, -0.1) is 11.3 Å². The minimum Gasteiger partial charge on any atom is -0.538 e. The number of benzene rings is 2. The third-order valence-corrected chi connectivity index (χ3v) is 7.57. The number of ether oxygens (including phenoxy) is 2. The minimum absolute atomic E-state index is 0.0891. The molecule has 2 heterocycles. The lowest BCUT2D eigenvalue weighted by Gasteiger charge is -2.07. The van der Waals surface area contributed by atoms with Crippen LogP contribution in [0.5, 0.6) is 11.7 Å². The van der Waals surface area contributed by atoms with Gasteiger partial charge in [0.25, 0.3) is 10.9 Å². The highest BCUT2D eigenvalue weighted by atomic mass is 32.2. The molecule has 2 N–H and O–H groups in total. The first-order valence-electron chi connectivity index (χ1n) is 11.6. The fourth-order valence-electron chi connectivity index (χ4n) is 3.52. The van der Waals surface area contributed by atoms with Gasteiger partial charge in [0.15, 0.2) is 5.95 Å². The van der Waals surface area contributed by atoms with Crippen LogP contribution in [0.1, 0.15) is 32.5 Å². The van der Waals surface area contributed by atoms with Gasteiger partial charge >= 0.3 is 5.97 Å². The number of para-hydroxylation sites is 1. The molecule has 0 bridgehead atoms. The van der Waals surface area contributed by atoms with Crippen LogP contribution < -0.4 is 25.2 Å². The standard InChI is InChI=1S/C26H24N4O7S2/c1-4-36-25(33)20-15(2)21(22(32)27-16-8-6-5-7-9-16)39-23(20)28-19(31)14-38-24-26(34)37-29-30(24)17-10-12-18(35-3)13-11-17/h5-13H,4,14H2,1-3H3,(H2-,27,28,29,31,32,33,34). The number of aromatic nitrogens is 2. The zero-order valence-electron chi connectivity index (χ0n) is 21.2. The lowest BCUT2D eigenvalue weighted by Crippen LogP contribution is -2.35. The maximum Gasteiger partial charge on any atom is 0.341 e. The van der Waals surface area contributed by atoms with Gasteiger partial charge in [0, 0.05) is 17.8 Å². The lowest BCUT2D eigenvalue weighted by molar-refractivity contribution is -0.705. The number of carbonyl (C=O) groups is 3. The Bertz CT molecular complexity index is 1480. The predicted molar refractivity (Wildman–Crippen MR) is 143 cm³/mol. The minimum atomic E-state index is -0.706. The van der Waals surface area contributed by atoms with Gasteiger partial charge in [-0.05, 0) is 60.1 Å². The van der Waals surface area contributed by atoms with Gasteiger partial charge in [-0.3, -0.25) is 9.59 Å². The lowest BCUT2D eigenvalue weighted by atomic mass is 10.1. The Kier molecular flexibility index (Phi) is 8.84. The number of thioether (sulfide) groups is 1. The number of hydrogen-bond acceptors (Lipinski definition) is 10. The van der Waals surface area contributed by atoms with Crippen molar-refractivity contribution in [1.29, 1.82) is 0 Å². The summed E-state index contributed by atoms with van der Waals surface area (Å²) >= 11 is 1.88. The predicted octanol–water partition coefficient (Wildman–Crippen LogP) is 3.56. The van der Waals surface area contributed by atoms with Crippen molar-refractivity contribution in [2.45, 2.75) is 18.9 Å². The van der Waals surface area contributed by atoms with Crippen LogP contribution in [0, 0.1) is 6.92 Å². The largest absolute Gasteiger partial charge is 0.538 e. The third kappa shape index (κ3) is 6.38. The summed E-state index contributed by atoms with van der Waals surface area (Å²) in [4.78, 5) is 38.8. The van der Waals surface area contributed by atoms with E-state index in [2.05, 4.69) is 15.9 Å². The van der Waals surface area contributed by atoms with E-state index < -0.39 is 23.7 Å². The van der Waals surface area contributed by atoms with Gasteiger partial charge < -0.3 is 29.7 Å². The molecule has 11 nitrogen and oxygen atoms in total. The third-order valence-electron chi connectivity index (χ3n) is 5.35. The van der Waals surface area contributed by atoms with Crippen LogP contribution in [-0.4, -0.2) is 42.5 Å². The van der Waals surface area contributed by atoms with Crippen molar-refractivity contribution < 1.29 is 38.2 Å². The SMILES string of the molecule is CCOC(=O)c1c(NC(=O)CSc2c([O-])on[n+]2-c2ccc(OC)cc2)sc(C(=O)Nc2ccccc2)c1C. The number of nitrogens with zero attached hydrogens (tertiary/aromatic N) is 2. The molecule has 13 heteroatoms. The number of hydrogen-bond donors (Lipinski definition) is 2. The van der Waals surface area contributed by atoms with Crippen molar-refractivity contribution in [3.05, 3.63) is 70.6 Å². The van der Waals surface area contributed by atoms with Crippen LogP contribution in [0.4, 0.5) is 10.7 Å². The zero-order chi connectivity index (χ0) is 27.9. The number of rotatable bonds is 10. The Balaban J connectivity index is 1.52. The van der Waals surface area contributed by atoms with E-state index >= 15 is 0 Å². The summed E-state index contributed by atoms with van der Waals surface area (Å²) < 4.78 is 16.4. The molecule has 0 aliphatic carbocycles. The van der Waals surface area contributed by atoms with E-state index in [4.69, 9.17) is 14.0 Å². The number of esters is 1. The van der Waals surface area contributed by atoms with Crippen molar-refractivity contribution >= 4 is 51.6 Å². The molecule has 0 aliphatic heterocycles. The first-order valence-corrected chi connectivity index (χ1v) is 13.5. The normalized spacial score (nSPS) is 10.6. The first-order chi connectivity index (χ1) is 18.8. The molecule has 39 heavy (non-hydrogen) atoms. The number of nitrogens with one attached hydrogen (secondary N) is 2. The fraction of sp³-hybridized carbons (Fsp3) is 0.192. The molecule has 0 spiro atoms. The Morgan fingerprint density at radius 3 is 2.49 bits per heavy atom. The Morgan fingerprint density at radius 1 is 1.10 bits per heavy atom. The van der Waals surface area contributed by atoms with E-state index in [0.717, 1.165) is 23.1 Å². The quantitative estimate of drug-likeness (QED) is 0.166. The monoisotopic (exact) mass is 568 g/mol. The van der Waals surface area contributed by atoms with Gasteiger partial charge in [-0.25, -0.2) is 4.79 Å². The van der Waals surface area contributed by atoms with E-state index in [1.165, 1.54) is 11.8 Å². The molecule has 0 aliphatic rings. The number of thiophene rings is 1. The summed E-state index contributed by atoms with van der Waals surface area (Å²) in [6.07, 6.45) is 0. The van der Waals surface area contributed by atoms with Gasteiger partial charge in [-0.1, -0.05) is 18.2 Å². The van der Waals surface area contributed by atoms with Gasteiger partial charge in [0.1, 0.15) is 10.8 Å². The van der Waals surface area contributed by atoms with E-state index in [1.54, 1.807) is 62.4 Å². The molecule has 0 saturated heterocycles. The Labute approximate surface area is 231 Å². The molecule has 0 saturated carbocycles. The molecule has 0 unspecified atom stereocenters. The Morgan fingerprint density at radius 2 is 1.82 bits per heavy atom.